The molecule has 0 unspecified atom stereocenters. The predicted molar refractivity (Wildman–Crippen MR) is 48.6 cm³/mol. The van der Waals surface area contributed by atoms with Crippen LogP contribution in [-0.4, -0.2) is 13.5 Å². The van der Waals surface area contributed by atoms with Crippen LogP contribution in [0.1, 0.15) is 11.1 Å². The van der Waals surface area contributed by atoms with Gasteiger partial charge in [0, 0.05) is 5.41 Å². The van der Waals surface area contributed by atoms with Crippen molar-refractivity contribution >= 4 is 15.9 Å². The molecule has 0 spiro atoms. The normalized spacial score (nSPS) is 17.3. The lowest BCUT2D eigenvalue weighted by atomic mass is 10.1. The number of aliphatic hydroxyl groups excluding tert-OH is 1. The van der Waals surface area contributed by atoms with Gasteiger partial charge in [0.15, 0.2) is 9.84 Å². The Balaban J connectivity index is 2.65. The minimum absolute atomic E-state index is 0.0683. The molecule has 0 saturated heterocycles. The van der Waals surface area contributed by atoms with E-state index in [1.54, 1.807) is 18.2 Å². The molecule has 0 aliphatic carbocycles. The highest BCUT2D eigenvalue weighted by atomic mass is 32.2. The number of hydrogen-bond acceptors (Lipinski definition) is 3. The lowest BCUT2D eigenvalue weighted by molar-refractivity contribution is 0.281. The fourth-order valence-corrected chi connectivity index (χ4v) is 2.51. The number of aliphatic hydroxyl groups is 1. The van der Waals surface area contributed by atoms with Gasteiger partial charge in [-0.2, -0.15) is 0 Å². The summed E-state index contributed by atoms with van der Waals surface area (Å²) in [6.07, 6.45) is 1.55. The fraction of sp³-hybridized carbons (Fsp3) is 0.111. The zero-order valence-corrected chi connectivity index (χ0v) is 7.58. The van der Waals surface area contributed by atoms with Crippen LogP contribution in [0.25, 0.3) is 6.08 Å². The van der Waals surface area contributed by atoms with Crippen LogP contribution < -0.4 is 0 Å². The van der Waals surface area contributed by atoms with Crippen molar-refractivity contribution in [2.45, 2.75) is 11.5 Å². The highest BCUT2D eigenvalue weighted by molar-refractivity contribution is 7.94. The van der Waals surface area contributed by atoms with Gasteiger partial charge in [0.2, 0.25) is 0 Å². The Morgan fingerprint density at radius 1 is 1.31 bits per heavy atom. The summed E-state index contributed by atoms with van der Waals surface area (Å²) in [6.45, 7) is -0.0683. The molecule has 0 aromatic heterocycles. The standard InChI is InChI=1S/C9H8O3S/c10-6-7-1-2-9-8(5-7)3-4-13(9,11)12/h1-5,10H,6H2. The van der Waals surface area contributed by atoms with Crippen LogP contribution in [0.5, 0.6) is 0 Å². The third-order valence-corrected chi connectivity index (χ3v) is 3.47. The van der Waals surface area contributed by atoms with Crippen molar-refractivity contribution in [1.82, 2.24) is 0 Å². The Bertz CT molecular complexity index is 472. The number of hydrogen-bond donors (Lipinski definition) is 1. The van der Waals surface area contributed by atoms with E-state index >= 15 is 0 Å². The largest absolute Gasteiger partial charge is 0.392 e. The summed E-state index contributed by atoms with van der Waals surface area (Å²) in [5.41, 5.74) is 1.38. The third kappa shape index (κ3) is 1.28. The zero-order chi connectivity index (χ0) is 9.47. The fourth-order valence-electron chi connectivity index (χ4n) is 1.32. The molecule has 1 N–H and O–H groups in total. The minimum atomic E-state index is -3.19. The molecule has 1 aromatic rings. The monoisotopic (exact) mass is 196 g/mol. The van der Waals surface area contributed by atoms with Gasteiger partial charge >= 0.3 is 0 Å². The topological polar surface area (TPSA) is 54.4 Å². The molecule has 1 heterocycles. The Labute approximate surface area is 76.3 Å². The average Bonchev–Trinajstić information content (AvgIpc) is 2.42. The molecular weight excluding hydrogens is 188 g/mol. The maximum Gasteiger partial charge on any atom is 0.200 e. The molecule has 1 aromatic carbocycles. The molecule has 0 fully saturated rings. The first-order valence-corrected chi connectivity index (χ1v) is 5.35. The van der Waals surface area contributed by atoms with Crippen molar-refractivity contribution in [2.24, 2.45) is 0 Å². The van der Waals surface area contributed by atoms with E-state index in [-0.39, 0.29) is 6.61 Å². The van der Waals surface area contributed by atoms with Crippen LogP contribution in [0.2, 0.25) is 0 Å². The van der Waals surface area contributed by atoms with Gasteiger partial charge in [-0.3, -0.25) is 0 Å². The molecule has 4 heteroatoms. The smallest absolute Gasteiger partial charge is 0.200 e. The Hall–Kier alpha value is -1.13. The molecule has 0 atom stereocenters. The van der Waals surface area contributed by atoms with Crippen LogP contribution in [0, 0.1) is 0 Å². The highest BCUT2D eigenvalue weighted by Crippen LogP contribution is 2.27. The van der Waals surface area contributed by atoms with Crippen LogP contribution in [0.15, 0.2) is 28.5 Å². The van der Waals surface area contributed by atoms with E-state index in [0.29, 0.717) is 10.5 Å². The molecule has 68 valence electrons. The predicted octanol–water partition coefficient (Wildman–Crippen LogP) is 0.937. The van der Waals surface area contributed by atoms with E-state index in [0.717, 1.165) is 5.56 Å². The first kappa shape index (κ1) is 8.47. The first-order chi connectivity index (χ1) is 6.13. The van der Waals surface area contributed by atoms with Gasteiger partial charge in [0.05, 0.1) is 11.5 Å². The third-order valence-electron chi connectivity index (χ3n) is 1.99. The molecule has 1 aliphatic heterocycles. The van der Waals surface area contributed by atoms with E-state index in [1.807, 2.05) is 0 Å². The average molecular weight is 196 g/mol. The Kier molecular flexibility index (Phi) is 1.75. The summed E-state index contributed by atoms with van der Waals surface area (Å²) in [7, 11) is -3.19. The molecule has 3 nitrogen and oxygen atoms in total. The van der Waals surface area contributed by atoms with Gasteiger partial charge in [-0.25, -0.2) is 8.42 Å². The minimum Gasteiger partial charge on any atom is -0.392 e. The molecule has 2 rings (SSSR count). The maximum atomic E-state index is 11.3. The number of benzene rings is 1. The SMILES string of the molecule is O=S1(=O)C=Cc2cc(CO)ccc21. The lowest BCUT2D eigenvalue weighted by Gasteiger charge is -2.00. The van der Waals surface area contributed by atoms with E-state index in [2.05, 4.69) is 0 Å². The lowest BCUT2D eigenvalue weighted by Crippen LogP contribution is -1.94. The van der Waals surface area contributed by atoms with Gasteiger partial charge in [0.1, 0.15) is 0 Å². The van der Waals surface area contributed by atoms with Crippen LogP contribution in [0.3, 0.4) is 0 Å². The van der Waals surface area contributed by atoms with Crippen molar-refractivity contribution in [3.05, 3.63) is 34.7 Å². The van der Waals surface area contributed by atoms with Gasteiger partial charge in [0.25, 0.3) is 0 Å². The van der Waals surface area contributed by atoms with Crippen LogP contribution >= 0.6 is 0 Å². The summed E-state index contributed by atoms with van der Waals surface area (Å²) >= 11 is 0. The van der Waals surface area contributed by atoms with E-state index in [4.69, 9.17) is 5.11 Å². The molecule has 0 radical (unpaired) electrons. The summed E-state index contributed by atoms with van der Waals surface area (Å²) < 4.78 is 22.6. The summed E-state index contributed by atoms with van der Waals surface area (Å²) in [5, 5.41) is 10.0. The second kappa shape index (κ2) is 2.68. The summed E-state index contributed by atoms with van der Waals surface area (Å²) in [5.74, 6) is 0. The van der Waals surface area contributed by atoms with Gasteiger partial charge in [-0.15, -0.1) is 0 Å². The molecule has 1 aliphatic rings. The zero-order valence-electron chi connectivity index (χ0n) is 6.77. The molecular formula is C9H8O3S. The van der Waals surface area contributed by atoms with Gasteiger partial charge in [-0.05, 0) is 29.3 Å². The Morgan fingerprint density at radius 2 is 2.08 bits per heavy atom. The summed E-state index contributed by atoms with van der Waals surface area (Å²) in [6, 6.07) is 4.82. The maximum absolute atomic E-state index is 11.3. The molecule has 0 bridgehead atoms. The second-order valence-electron chi connectivity index (χ2n) is 2.88. The van der Waals surface area contributed by atoms with E-state index < -0.39 is 9.84 Å². The second-order valence-corrected chi connectivity index (χ2v) is 4.68. The van der Waals surface area contributed by atoms with Crippen LogP contribution in [-0.2, 0) is 16.4 Å². The highest BCUT2D eigenvalue weighted by Gasteiger charge is 2.19. The van der Waals surface area contributed by atoms with Crippen molar-refractivity contribution in [3.63, 3.8) is 0 Å². The van der Waals surface area contributed by atoms with E-state index in [1.165, 1.54) is 11.5 Å². The van der Waals surface area contributed by atoms with Crippen molar-refractivity contribution in [2.75, 3.05) is 0 Å². The summed E-state index contributed by atoms with van der Waals surface area (Å²) in [4.78, 5) is 0.324. The molecule has 13 heavy (non-hydrogen) atoms. The first-order valence-electron chi connectivity index (χ1n) is 3.80. The van der Waals surface area contributed by atoms with Crippen molar-refractivity contribution in [1.29, 1.82) is 0 Å². The van der Waals surface area contributed by atoms with E-state index in [9.17, 15) is 8.42 Å². The van der Waals surface area contributed by atoms with Crippen molar-refractivity contribution in [3.8, 4) is 0 Å². The van der Waals surface area contributed by atoms with Crippen LogP contribution in [0.4, 0.5) is 0 Å². The number of fused-ring (bicyclic) bond motifs is 1. The number of sulfone groups is 1. The number of rotatable bonds is 1. The van der Waals surface area contributed by atoms with Gasteiger partial charge < -0.3 is 5.11 Å². The molecule has 0 saturated carbocycles. The Morgan fingerprint density at radius 3 is 2.77 bits per heavy atom. The quantitative estimate of drug-likeness (QED) is 0.727. The molecule has 0 amide bonds. The van der Waals surface area contributed by atoms with Gasteiger partial charge in [-0.1, -0.05) is 6.07 Å². The van der Waals surface area contributed by atoms with Crippen molar-refractivity contribution < 1.29 is 13.5 Å².